The maximum absolute atomic E-state index is 12.8. The van der Waals surface area contributed by atoms with Crippen molar-refractivity contribution in [2.75, 3.05) is 0 Å². The first-order valence-corrected chi connectivity index (χ1v) is 10.8. The highest BCUT2D eigenvalue weighted by molar-refractivity contribution is 7.89. The summed E-state index contributed by atoms with van der Waals surface area (Å²) in [5, 5.41) is 0.847. The van der Waals surface area contributed by atoms with Crippen LogP contribution in [-0.4, -0.2) is 25.2 Å². The van der Waals surface area contributed by atoms with Crippen molar-refractivity contribution < 1.29 is 13.2 Å². The molecule has 0 aliphatic heterocycles. The molecule has 1 aromatic carbocycles. The van der Waals surface area contributed by atoms with Crippen molar-refractivity contribution in [1.82, 2.24) is 9.71 Å². The Morgan fingerprint density at radius 1 is 1.23 bits per heavy atom. The Kier molecular flexibility index (Phi) is 4.78. The molecule has 1 heterocycles. The lowest BCUT2D eigenvalue weighted by Crippen LogP contribution is -2.32. The molecule has 0 radical (unpaired) electrons. The highest BCUT2D eigenvalue weighted by atomic mass is 32.2. The second-order valence-electron chi connectivity index (χ2n) is 8.21. The standard InChI is InChI=1S/C20H28N2O3S/c1-6-12(3)22-26(24,25)18-9-15-14(8-13(18)7-2)19-16(21-15)10-20(4,5)11-17(19)23/h8-9,12,21-22H,6-7,10-11H2,1-5H3/t12-/m0/s1. The number of hydrogen-bond acceptors (Lipinski definition) is 3. The molecule has 1 aliphatic carbocycles. The highest BCUT2D eigenvalue weighted by Gasteiger charge is 2.34. The van der Waals surface area contributed by atoms with Crippen LogP contribution in [0.15, 0.2) is 17.0 Å². The van der Waals surface area contributed by atoms with E-state index in [1.807, 2.05) is 26.8 Å². The molecule has 1 aliphatic rings. The number of benzene rings is 1. The van der Waals surface area contributed by atoms with Gasteiger partial charge in [0.25, 0.3) is 0 Å². The molecule has 1 atom stereocenters. The van der Waals surface area contributed by atoms with Crippen LogP contribution in [0.3, 0.4) is 0 Å². The predicted octanol–water partition coefficient (Wildman–Crippen LogP) is 3.96. The molecule has 6 heteroatoms. The molecule has 0 unspecified atom stereocenters. The molecule has 0 fully saturated rings. The van der Waals surface area contributed by atoms with Gasteiger partial charge in [0.15, 0.2) is 5.78 Å². The lowest BCUT2D eigenvalue weighted by molar-refractivity contribution is 0.0913. The molecule has 2 N–H and O–H groups in total. The van der Waals surface area contributed by atoms with Crippen molar-refractivity contribution in [3.63, 3.8) is 0 Å². The van der Waals surface area contributed by atoms with Crippen molar-refractivity contribution in [1.29, 1.82) is 0 Å². The van der Waals surface area contributed by atoms with Gasteiger partial charge in [-0.2, -0.15) is 0 Å². The number of nitrogens with one attached hydrogen (secondary N) is 2. The van der Waals surface area contributed by atoms with E-state index in [4.69, 9.17) is 0 Å². The number of rotatable bonds is 5. The maximum Gasteiger partial charge on any atom is 0.241 e. The lowest BCUT2D eigenvalue weighted by atomic mass is 9.76. The van der Waals surface area contributed by atoms with E-state index in [9.17, 15) is 13.2 Å². The van der Waals surface area contributed by atoms with Crippen molar-refractivity contribution in [2.45, 2.75) is 71.2 Å². The monoisotopic (exact) mass is 376 g/mol. The average molecular weight is 377 g/mol. The summed E-state index contributed by atoms with van der Waals surface area (Å²) in [7, 11) is -3.60. The van der Waals surface area contributed by atoms with Gasteiger partial charge in [-0.25, -0.2) is 13.1 Å². The maximum atomic E-state index is 12.8. The van der Waals surface area contributed by atoms with E-state index in [0.717, 1.165) is 40.6 Å². The average Bonchev–Trinajstić information content (AvgIpc) is 2.88. The fourth-order valence-corrected chi connectivity index (χ4v) is 5.42. The van der Waals surface area contributed by atoms with E-state index in [0.29, 0.717) is 17.7 Å². The van der Waals surface area contributed by atoms with Gasteiger partial charge < -0.3 is 4.98 Å². The van der Waals surface area contributed by atoms with Crippen LogP contribution < -0.4 is 4.72 Å². The second kappa shape index (κ2) is 6.50. The van der Waals surface area contributed by atoms with Gasteiger partial charge in [-0.15, -0.1) is 0 Å². The van der Waals surface area contributed by atoms with Gasteiger partial charge in [-0.05, 0) is 49.3 Å². The summed E-state index contributed by atoms with van der Waals surface area (Å²) >= 11 is 0. The Labute approximate surface area is 155 Å². The molecule has 0 bridgehead atoms. The van der Waals surface area contributed by atoms with E-state index in [-0.39, 0.29) is 17.2 Å². The number of H-pyrrole nitrogens is 1. The smallest absolute Gasteiger partial charge is 0.241 e. The third-order valence-corrected chi connectivity index (χ3v) is 6.94. The number of hydrogen-bond donors (Lipinski definition) is 2. The van der Waals surface area contributed by atoms with Crippen molar-refractivity contribution in [2.24, 2.45) is 5.41 Å². The summed E-state index contributed by atoms with van der Waals surface area (Å²) in [6, 6.07) is 3.45. The lowest BCUT2D eigenvalue weighted by Gasteiger charge is -2.28. The third-order valence-electron chi connectivity index (χ3n) is 5.27. The van der Waals surface area contributed by atoms with Crippen LogP contribution in [0.25, 0.3) is 10.9 Å². The predicted molar refractivity (Wildman–Crippen MR) is 104 cm³/mol. The van der Waals surface area contributed by atoms with Crippen LogP contribution in [0.4, 0.5) is 0 Å². The second-order valence-corrected chi connectivity index (χ2v) is 9.89. The number of carbonyl (C=O) groups is 1. The number of aromatic nitrogens is 1. The number of sulfonamides is 1. The number of aryl methyl sites for hydroxylation is 1. The first kappa shape index (κ1) is 19.1. The zero-order valence-corrected chi connectivity index (χ0v) is 17.0. The van der Waals surface area contributed by atoms with Crippen LogP contribution in [-0.2, 0) is 22.9 Å². The Balaban J connectivity index is 2.18. The minimum atomic E-state index is -3.60. The Bertz CT molecular complexity index is 971. The molecule has 0 amide bonds. The molecule has 3 rings (SSSR count). The zero-order valence-electron chi connectivity index (χ0n) is 16.2. The topological polar surface area (TPSA) is 79.0 Å². The Morgan fingerprint density at radius 2 is 1.92 bits per heavy atom. The molecule has 1 aromatic heterocycles. The molecule has 0 saturated carbocycles. The number of carbonyl (C=O) groups excluding carboxylic acids is 1. The summed E-state index contributed by atoms with van der Waals surface area (Å²) in [6.07, 6.45) is 2.62. The van der Waals surface area contributed by atoms with Crippen LogP contribution in [0.1, 0.15) is 69.1 Å². The third kappa shape index (κ3) is 3.32. The van der Waals surface area contributed by atoms with Gasteiger partial charge in [0.05, 0.1) is 4.90 Å². The molecule has 0 saturated heterocycles. The van der Waals surface area contributed by atoms with Crippen LogP contribution in [0, 0.1) is 5.41 Å². The zero-order chi connectivity index (χ0) is 19.3. The number of ketones is 1. The van der Waals surface area contributed by atoms with Gasteiger partial charge in [-0.1, -0.05) is 27.7 Å². The summed E-state index contributed by atoms with van der Waals surface area (Å²) in [5.74, 6) is 0.137. The molecule has 2 aromatic rings. The molecule has 0 spiro atoms. The van der Waals surface area contributed by atoms with E-state index < -0.39 is 10.0 Å². The van der Waals surface area contributed by atoms with Crippen molar-refractivity contribution in [3.05, 3.63) is 29.0 Å². The van der Waals surface area contributed by atoms with Crippen LogP contribution in [0.5, 0.6) is 0 Å². The van der Waals surface area contributed by atoms with Gasteiger partial charge in [0.2, 0.25) is 10.0 Å². The molecular weight excluding hydrogens is 348 g/mol. The van der Waals surface area contributed by atoms with Gasteiger partial charge in [0, 0.05) is 34.6 Å². The minimum absolute atomic E-state index is 0.0778. The quantitative estimate of drug-likeness (QED) is 0.829. The molecule has 142 valence electrons. The molecule has 26 heavy (non-hydrogen) atoms. The number of aromatic amines is 1. The number of fused-ring (bicyclic) bond motifs is 3. The largest absolute Gasteiger partial charge is 0.358 e. The van der Waals surface area contributed by atoms with Crippen LogP contribution >= 0.6 is 0 Å². The van der Waals surface area contributed by atoms with Gasteiger partial charge in [0.1, 0.15) is 0 Å². The summed E-state index contributed by atoms with van der Waals surface area (Å²) in [6.45, 7) is 9.91. The SMILES string of the molecule is CCc1cc2c3c([nH]c2cc1S(=O)(=O)N[C@@H](C)CC)CC(C)(C)CC3=O. The van der Waals surface area contributed by atoms with E-state index >= 15 is 0 Å². The fourth-order valence-electron chi connectivity index (χ4n) is 3.78. The van der Waals surface area contributed by atoms with Crippen molar-refractivity contribution in [3.8, 4) is 0 Å². The Morgan fingerprint density at radius 3 is 2.54 bits per heavy atom. The summed E-state index contributed by atoms with van der Waals surface area (Å²) in [5.41, 5.74) is 3.06. The summed E-state index contributed by atoms with van der Waals surface area (Å²) in [4.78, 5) is 16.3. The first-order chi connectivity index (χ1) is 12.1. The molecule has 5 nitrogen and oxygen atoms in total. The van der Waals surface area contributed by atoms with Crippen LogP contribution in [0.2, 0.25) is 0 Å². The molecular formula is C20H28N2O3S. The van der Waals surface area contributed by atoms with Crippen molar-refractivity contribution >= 4 is 26.7 Å². The highest BCUT2D eigenvalue weighted by Crippen LogP contribution is 2.39. The minimum Gasteiger partial charge on any atom is -0.358 e. The van der Waals surface area contributed by atoms with Gasteiger partial charge >= 0.3 is 0 Å². The van der Waals surface area contributed by atoms with E-state index in [1.54, 1.807) is 6.07 Å². The normalized spacial score (nSPS) is 18.1. The van der Waals surface area contributed by atoms with E-state index in [2.05, 4.69) is 23.6 Å². The number of Topliss-reactive ketones (excluding diaryl/α,β-unsaturated/α-hetero) is 1. The van der Waals surface area contributed by atoms with E-state index in [1.165, 1.54) is 0 Å². The Hall–Kier alpha value is -1.66. The first-order valence-electron chi connectivity index (χ1n) is 9.31. The fraction of sp³-hybridized carbons (Fsp3) is 0.550. The van der Waals surface area contributed by atoms with Gasteiger partial charge in [-0.3, -0.25) is 4.79 Å². The summed E-state index contributed by atoms with van der Waals surface area (Å²) < 4.78 is 28.4.